The third kappa shape index (κ3) is 2.63. The monoisotopic (exact) mass is 285 g/mol. The molecule has 0 aliphatic heterocycles. The number of hydrogen-bond acceptors (Lipinski definition) is 3. The van der Waals surface area contributed by atoms with E-state index in [0.29, 0.717) is 10.9 Å². The van der Waals surface area contributed by atoms with Crippen molar-refractivity contribution in [1.82, 2.24) is 15.0 Å². The number of aryl methyl sites for hydroxylation is 1. The van der Waals surface area contributed by atoms with Gasteiger partial charge in [-0.15, -0.1) is 0 Å². The van der Waals surface area contributed by atoms with Gasteiger partial charge in [0.05, 0.1) is 33.3 Å². The molecule has 1 unspecified atom stereocenters. The first-order valence-electron chi connectivity index (χ1n) is 6.53. The van der Waals surface area contributed by atoms with E-state index in [2.05, 4.69) is 34.0 Å². The molecule has 20 heavy (non-hydrogen) atoms. The van der Waals surface area contributed by atoms with Gasteiger partial charge in [0, 0.05) is 6.20 Å². The molecule has 2 heterocycles. The van der Waals surface area contributed by atoms with Crippen molar-refractivity contribution in [3.05, 3.63) is 53.9 Å². The lowest BCUT2D eigenvalue weighted by atomic mass is 10.1. The van der Waals surface area contributed by atoms with Gasteiger partial charge in [-0.3, -0.25) is 9.19 Å². The van der Waals surface area contributed by atoms with Gasteiger partial charge in [-0.1, -0.05) is 19.1 Å². The minimum atomic E-state index is -1.20. The first-order valence-corrected chi connectivity index (χ1v) is 7.85. The number of fused-ring (bicyclic) bond motifs is 1. The van der Waals surface area contributed by atoms with Crippen LogP contribution in [0.2, 0.25) is 0 Å². The van der Waals surface area contributed by atoms with Gasteiger partial charge in [-0.2, -0.15) is 0 Å². The predicted molar refractivity (Wildman–Crippen MR) is 79.8 cm³/mol. The Morgan fingerprint density at radius 3 is 2.90 bits per heavy atom. The van der Waals surface area contributed by atoms with E-state index in [-0.39, 0.29) is 0 Å². The summed E-state index contributed by atoms with van der Waals surface area (Å²) in [4.78, 5) is 11.7. The Morgan fingerprint density at radius 1 is 1.25 bits per heavy atom. The molecule has 1 N–H and O–H groups in total. The van der Waals surface area contributed by atoms with E-state index in [1.54, 1.807) is 6.20 Å². The van der Waals surface area contributed by atoms with E-state index >= 15 is 0 Å². The van der Waals surface area contributed by atoms with Crippen molar-refractivity contribution in [2.75, 3.05) is 0 Å². The highest BCUT2D eigenvalue weighted by atomic mass is 32.2. The average molecular weight is 285 g/mol. The maximum Gasteiger partial charge on any atom is 0.197 e. The zero-order chi connectivity index (χ0) is 13.9. The summed E-state index contributed by atoms with van der Waals surface area (Å²) in [6.45, 7) is 2.11. The van der Waals surface area contributed by atoms with Crippen molar-refractivity contribution in [2.45, 2.75) is 24.3 Å². The highest BCUT2D eigenvalue weighted by Gasteiger charge is 2.11. The van der Waals surface area contributed by atoms with Gasteiger partial charge in [0.1, 0.15) is 0 Å². The number of rotatable bonds is 4. The fourth-order valence-corrected chi connectivity index (χ4v) is 3.05. The van der Waals surface area contributed by atoms with E-state index in [1.807, 2.05) is 24.3 Å². The Bertz CT molecular complexity index is 752. The molecule has 0 bridgehead atoms. The molecule has 102 valence electrons. The van der Waals surface area contributed by atoms with Gasteiger partial charge < -0.3 is 4.98 Å². The van der Waals surface area contributed by atoms with Gasteiger partial charge in [0.2, 0.25) is 0 Å². The summed E-state index contributed by atoms with van der Waals surface area (Å²) in [6.07, 6.45) is 2.68. The molecule has 0 amide bonds. The summed E-state index contributed by atoms with van der Waals surface area (Å²) >= 11 is 0. The van der Waals surface area contributed by atoms with Gasteiger partial charge in [0.15, 0.2) is 5.16 Å². The number of H-pyrrole nitrogens is 1. The van der Waals surface area contributed by atoms with Crippen LogP contribution in [0.5, 0.6) is 0 Å². The largest absolute Gasteiger partial charge is 0.331 e. The van der Waals surface area contributed by atoms with Crippen LogP contribution in [0.3, 0.4) is 0 Å². The van der Waals surface area contributed by atoms with Crippen LogP contribution < -0.4 is 0 Å². The molecule has 5 heteroatoms. The Hall–Kier alpha value is -2.01. The third-order valence-corrected chi connectivity index (χ3v) is 4.34. The summed E-state index contributed by atoms with van der Waals surface area (Å²) in [5, 5.41) is 0.513. The molecule has 0 saturated carbocycles. The Morgan fingerprint density at radius 2 is 2.15 bits per heavy atom. The average Bonchev–Trinajstić information content (AvgIpc) is 2.91. The maximum absolute atomic E-state index is 12.3. The summed E-state index contributed by atoms with van der Waals surface area (Å²) in [5.74, 6) is 0.376. The van der Waals surface area contributed by atoms with E-state index in [4.69, 9.17) is 0 Å². The van der Waals surface area contributed by atoms with Gasteiger partial charge >= 0.3 is 0 Å². The summed E-state index contributed by atoms with van der Waals surface area (Å²) in [6, 6.07) is 11.7. The van der Waals surface area contributed by atoms with Crippen LogP contribution in [-0.4, -0.2) is 19.2 Å². The van der Waals surface area contributed by atoms with E-state index in [1.165, 1.54) is 5.56 Å². The minimum Gasteiger partial charge on any atom is -0.331 e. The Kier molecular flexibility index (Phi) is 3.60. The number of hydrogen-bond donors (Lipinski definition) is 1. The smallest absolute Gasteiger partial charge is 0.197 e. The van der Waals surface area contributed by atoms with Crippen LogP contribution in [-0.2, 0) is 23.0 Å². The predicted octanol–water partition coefficient (Wildman–Crippen LogP) is 2.83. The zero-order valence-electron chi connectivity index (χ0n) is 11.2. The molecule has 1 atom stereocenters. The van der Waals surface area contributed by atoms with Crippen molar-refractivity contribution in [3.63, 3.8) is 0 Å². The number of aromatic nitrogens is 3. The molecule has 3 rings (SSSR count). The van der Waals surface area contributed by atoms with Gasteiger partial charge in [-0.05, 0) is 36.2 Å². The molecule has 1 aromatic carbocycles. The normalized spacial score (nSPS) is 12.7. The molecule has 4 nitrogen and oxygen atoms in total. The van der Waals surface area contributed by atoms with Crippen molar-refractivity contribution in [3.8, 4) is 0 Å². The molecule has 2 aromatic heterocycles. The molecular weight excluding hydrogens is 270 g/mol. The van der Waals surface area contributed by atoms with E-state index in [9.17, 15) is 4.21 Å². The zero-order valence-corrected chi connectivity index (χ0v) is 12.0. The second kappa shape index (κ2) is 5.54. The standard InChI is InChI=1S/C15H15N3OS/c1-2-11-6-7-13-14(9-11)18-15(17-13)20(19)10-12-5-3-4-8-16-12/h3-9H,2,10H2,1H3,(H,17,18). The molecule has 0 aliphatic rings. The highest BCUT2D eigenvalue weighted by Crippen LogP contribution is 2.17. The topological polar surface area (TPSA) is 58.6 Å². The quantitative estimate of drug-likeness (QED) is 0.802. The lowest BCUT2D eigenvalue weighted by Gasteiger charge is -1.97. The summed E-state index contributed by atoms with van der Waals surface area (Å²) in [7, 11) is -1.20. The Balaban J connectivity index is 1.88. The van der Waals surface area contributed by atoms with Crippen LogP contribution in [0.1, 0.15) is 18.2 Å². The van der Waals surface area contributed by atoms with Crippen molar-refractivity contribution in [2.24, 2.45) is 0 Å². The first-order chi connectivity index (χ1) is 9.76. The second-order valence-electron chi connectivity index (χ2n) is 4.56. The van der Waals surface area contributed by atoms with Crippen molar-refractivity contribution < 1.29 is 4.21 Å². The van der Waals surface area contributed by atoms with Crippen molar-refractivity contribution in [1.29, 1.82) is 0 Å². The first kappa shape index (κ1) is 13.0. The fraction of sp³-hybridized carbons (Fsp3) is 0.200. The molecular formula is C15H15N3OS. The number of nitrogens with zero attached hydrogens (tertiary/aromatic N) is 2. The van der Waals surface area contributed by atoms with Crippen LogP contribution in [0.25, 0.3) is 11.0 Å². The van der Waals surface area contributed by atoms with Crippen molar-refractivity contribution >= 4 is 21.8 Å². The van der Waals surface area contributed by atoms with Crippen LogP contribution in [0.15, 0.2) is 47.8 Å². The lowest BCUT2D eigenvalue weighted by molar-refractivity contribution is 0.677. The fourth-order valence-electron chi connectivity index (χ4n) is 2.05. The molecule has 0 saturated heterocycles. The van der Waals surface area contributed by atoms with E-state index in [0.717, 1.165) is 23.1 Å². The number of benzene rings is 1. The number of aromatic amines is 1. The number of pyridine rings is 1. The molecule has 0 aliphatic carbocycles. The minimum absolute atomic E-state index is 0.376. The summed E-state index contributed by atoms with van der Waals surface area (Å²) in [5.41, 5.74) is 3.84. The molecule has 0 spiro atoms. The SMILES string of the molecule is CCc1ccc2nc(S(=O)Cc3ccccn3)[nH]c2c1. The lowest BCUT2D eigenvalue weighted by Crippen LogP contribution is -2.00. The Labute approximate surface area is 119 Å². The van der Waals surface area contributed by atoms with Crippen LogP contribution in [0.4, 0.5) is 0 Å². The van der Waals surface area contributed by atoms with Crippen LogP contribution in [0, 0.1) is 0 Å². The van der Waals surface area contributed by atoms with Gasteiger partial charge in [0.25, 0.3) is 0 Å². The summed E-state index contributed by atoms with van der Waals surface area (Å²) < 4.78 is 12.3. The number of nitrogens with one attached hydrogen (secondary N) is 1. The number of imidazole rings is 1. The molecule has 0 fully saturated rings. The van der Waals surface area contributed by atoms with E-state index < -0.39 is 10.8 Å². The van der Waals surface area contributed by atoms with Crippen LogP contribution >= 0.6 is 0 Å². The van der Waals surface area contributed by atoms with Gasteiger partial charge in [-0.25, -0.2) is 4.98 Å². The highest BCUT2D eigenvalue weighted by molar-refractivity contribution is 7.84. The maximum atomic E-state index is 12.3. The second-order valence-corrected chi connectivity index (χ2v) is 5.92. The third-order valence-electron chi connectivity index (χ3n) is 3.15. The molecule has 3 aromatic rings. The molecule has 0 radical (unpaired) electrons.